The van der Waals surface area contributed by atoms with Crippen LogP contribution in [0.5, 0.6) is 0 Å². The van der Waals surface area contributed by atoms with Crippen LogP contribution in [0.1, 0.15) is 22.3 Å². The second-order valence-corrected chi connectivity index (χ2v) is 17.1. The number of hydrogen-bond acceptors (Lipinski definition) is 2. The summed E-state index contributed by atoms with van der Waals surface area (Å²) in [5.41, 5.74) is 15.3. The maximum Gasteiger partial charge on any atom is 0.0714 e. The quantitative estimate of drug-likeness (QED) is 0.155. The van der Waals surface area contributed by atoms with Gasteiger partial charge >= 0.3 is 0 Å². The fraction of sp³-hybridized carbons (Fsp3) is 0.0169. The van der Waals surface area contributed by atoms with Gasteiger partial charge in [0.1, 0.15) is 0 Å². The monoisotopic (exact) mass is 793 g/mol. The van der Waals surface area contributed by atoms with Crippen LogP contribution in [0, 0.1) is 0 Å². The Kier molecular flexibility index (Phi) is 8.33. The van der Waals surface area contributed by atoms with Gasteiger partial charge in [-0.05, 0) is 121 Å². The average molecular weight is 794 g/mol. The van der Waals surface area contributed by atoms with E-state index in [0.717, 1.165) is 17.1 Å². The van der Waals surface area contributed by atoms with Crippen LogP contribution >= 0.6 is 11.3 Å². The van der Waals surface area contributed by atoms with Crippen molar-refractivity contribution in [3.63, 3.8) is 0 Å². The maximum atomic E-state index is 2.48. The second-order valence-electron chi connectivity index (χ2n) is 16.0. The van der Waals surface area contributed by atoms with Gasteiger partial charge in [-0.25, -0.2) is 0 Å². The third-order valence-electron chi connectivity index (χ3n) is 12.8. The Labute approximate surface area is 360 Å². The second kappa shape index (κ2) is 14.3. The van der Waals surface area contributed by atoms with Gasteiger partial charge in [-0.15, -0.1) is 11.3 Å². The summed E-state index contributed by atoms with van der Waals surface area (Å²) in [5.74, 6) is 0. The van der Waals surface area contributed by atoms with Crippen molar-refractivity contribution < 1.29 is 0 Å². The molecule has 1 atom stereocenters. The van der Waals surface area contributed by atoms with E-state index in [4.69, 9.17) is 0 Å². The van der Waals surface area contributed by atoms with Crippen molar-refractivity contribution in [2.45, 2.75) is 5.41 Å². The molecular formula is C59H39NS. The number of nitrogens with zero attached hydrogens (tertiary/aromatic N) is 1. The lowest BCUT2D eigenvalue weighted by Gasteiger charge is -2.35. The van der Waals surface area contributed by atoms with E-state index in [1.807, 2.05) is 11.3 Å². The molecule has 12 rings (SSSR count). The summed E-state index contributed by atoms with van der Waals surface area (Å²) in [6, 6.07) is 87.4. The van der Waals surface area contributed by atoms with E-state index in [2.05, 4.69) is 241 Å². The Morgan fingerprint density at radius 1 is 0.311 bits per heavy atom. The maximum absolute atomic E-state index is 2.48. The molecule has 11 aromatic rings. The van der Waals surface area contributed by atoms with E-state index in [-0.39, 0.29) is 0 Å². The van der Waals surface area contributed by atoms with Crippen LogP contribution in [0.15, 0.2) is 237 Å². The minimum atomic E-state index is -0.554. The van der Waals surface area contributed by atoms with E-state index in [1.54, 1.807) is 0 Å². The van der Waals surface area contributed by atoms with Crippen LogP contribution in [0.3, 0.4) is 0 Å². The standard InChI is InChI=1S/C59H39NS/c1-3-14-40(15-4-1)41-26-31-46(32-27-41)60(47-33-28-43(29-34-47)50-23-13-17-42-16-7-8-20-49(42)50)48-35-36-52-51-21-9-11-24-55(51)59(56(52)39-48,44-18-5-2-6-19-44)45-30-37-58-54(38-45)53-22-10-12-25-57(53)61-58/h1-39H. The molecule has 0 fully saturated rings. The lowest BCUT2D eigenvalue weighted by molar-refractivity contribution is 0.770. The molecule has 0 saturated heterocycles. The van der Waals surface area contributed by atoms with Gasteiger partial charge in [0.15, 0.2) is 0 Å². The van der Waals surface area contributed by atoms with E-state index in [1.165, 1.54) is 86.6 Å². The zero-order chi connectivity index (χ0) is 40.3. The summed E-state index contributed by atoms with van der Waals surface area (Å²) < 4.78 is 2.63. The molecule has 1 aliphatic rings. The zero-order valence-electron chi connectivity index (χ0n) is 33.4. The van der Waals surface area contributed by atoms with Crippen molar-refractivity contribution in [3.8, 4) is 33.4 Å². The van der Waals surface area contributed by atoms with E-state index < -0.39 is 5.41 Å². The summed E-state index contributed by atoms with van der Waals surface area (Å²) in [6.45, 7) is 0. The van der Waals surface area contributed by atoms with Crippen molar-refractivity contribution in [2.75, 3.05) is 4.90 Å². The largest absolute Gasteiger partial charge is 0.310 e. The fourth-order valence-electron chi connectivity index (χ4n) is 9.99. The highest BCUT2D eigenvalue weighted by atomic mass is 32.1. The number of hydrogen-bond donors (Lipinski definition) is 0. The summed E-state index contributed by atoms with van der Waals surface area (Å²) in [6.07, 6.45) is 0. The molecular weight excluding hydrogens is 755 g/mol. The molecule has 61 heavy (non-hydrogen) atoms. The van der Waals surface area contributed by atoms with E-state index >= 15 is 0 Å². The molecule has 286 valence electrons. The lowest BCUT2D eigenvalue weighted by Crippen LogP contribution is -2.28. The van der Waals surface area contributed by atoms with Crippen LogP contribution in [0.25, 0.3) is 64.3 Å². The SMILES string of the molecule is c1ccc(-c2ccc(N(c3ccc(-c4cccc5ccccc45)cc3)c3ccc4c(c3)C(c3ccccc3)(c3ccc5sc6ccccc6c5c3)c3ccccc3-4)cc2)cc1. The van der Waals surface area contributed by atoms with Gasteiger partial charge in [-0.2, -0.15) is 0 Å². The average Bonchev–Trinajstić information content (AvgIpc) is 3.86. The number of rotatable bonds is 7. The molecule has 0 amide bonds. The Balaban J connectivity index is 1.08. The Hall–Kier alpha value is -7.52. The number of fused-ring (bicyclic) bond motifs is 7. The van der Waals surface area contributed by atoms with Gasteiger partial charge in [0.05, 0.1) is 5.41 Å². The van der Waals surface area contributed by atoms with Crippen LogP contribution in [-0.2, 0) is 5.41 Å². The third-order valence-corrected chi connectivity index (χ3v) is 13.9. The van der Waals surface area contributed by atoms with Crippen LogP contribution in [0.4, 0.5) is 17.1 Å². The molecule has 1 aliphatic carbocycles. The summed E-state index contributed by atoms with van der Waals surface area (Å²) in [5, 5.41) is 5.12. The van der Waals surface area contributed by atoms with Gasteiger partial charge in [0, 0.05) is 37.2 Å². The zero-order valence-corrected chi connectivity index (χ0v) is 34.2. The Morgan fingerprint density at radius 2 is 0.885 bits per heavy atom. The molecule has 1 nitrogen and oxygen atoms in total. The van der Waals surface area contributed by atoms with E-state index in [0.29, 0.717) is 0 Å². The highest BCUT2D eigenvalue weighted by Gasteiger charge is 2.46. The van der Waals surface area contributed by atoms with Gasteiger partial charge < -0.3 is 4.90 Å². The van der Waals surface area contributed by atoms with Crippen molar-refractivity contribution in [3.05, 3.63) is 259 Å². The van der Waals surface area contributed by atoms with Crippen molar-refractivity contribution in [1.82, 2.24) is 0 Å². The first kappa shape index (κ1) is 35.4. The third kappa shape index (κ3) is 5.68. The van der Waals surface area contributed by atoms with E-state index in [9.17, 15) is 0 Å². The predicted octanol–water partition coefficient (Wildman–Crippen LogP) is 16.4. The summed E-state index contributed by atoms with van der Waals surface area (Å²) in [4.78, 5) is 2.43. The molecule has 0 bridgehead atoms. The molecule has 1 heterocycles. The molecule has 0 saturated carbocycles. The molecule has 1 aromatic heterocycles. The summed E-state index contributed by atoms with van der Waals surface area (Å²) >= 11 is 1.87. The van der Waals surface area contributed by atoms with Gasteiger partial charge in [-0.3, -0.25) is 0 Å². The molecule has 0 aliphatic heterocycles. The van der Waals surface area contributed by atoms with Crippen LogP contribution < -0.4 is 4.90 Å². The molecule has 10 aromatic carbocycles. The first-order valence-corrected chi connectivity index (χ1v) is 21.8. The number of thiophene rings is 1. The minimum Gasteiger partial charge on any atom is -0.310 e. The lowest BCUT2D eigenvalue weighted by atomic mass is 9.67. The highest BCUT2D eigenvalue weighted by Crippen LogP contribution is 2.58. The molecule has 1 unspecified atom stereocenters. The van der Waals surface area contributed by atoms with Gasteiger partial charge in [0.25, 0.3) is 0 Å². The van der Waals surface area contributed by atoms with Crippen LogP contribution in [-0.4, -0.2) is 0 Å². The Bertz CT molecular complexity index is 3400. The molecule has 0 spiro atoms. The van der Waals surface area contributed by atoms with Crippen LogP contribution in [0.2, 0.25) is 0 Å². The molecule has 2 heteroatoms. The number of benzene rings is 10. The van der Waals surface area contributed by atoms with Crippen molar-refractivity contribution >= 4 is 59.3 Å². The molecule has 0 N–H and O–H groups in total. The smallest absolute Gasteiger partial charge is 0.0714 e. The fourth-order valence-corrected chi connectivity index (χ4v) is 11.1. The topological polar surface area (TPSA) is 3.24 Å². The highest BCUT2D eigenvalue weighted by molar-refractivity contribution is 7.25. The van der Waals surface area contributed by atoms with Gasteiger partial charge in [0.2, 0.25) is 0 Å². The first-order chi connectivity index (χ1) is 30.2. The van der Waals surface area contributed by atoms with Crippen molar-refractivity contribution in [2.24, 2.45) is 0 Å². The molecule has 0 radical (unpaired) electrons. The normalized spacial score (nSPS) is 14.3. The predicted molar refractivity (Wildman–Crippen MR) is 260 cm³/mol. The minimum absolute atomic E-state index is 0.554. The van der Waals surface area contributed by atoms with Crippen molar-refractivity contribution in [1.29, 1.82) is 0 Å². The number of anilines is 3. The van der Waals surface area contributed by atoms with Gasteiger partial charge in [-0.1, -0.05) is 182 Å². The summed E-state index contributed by atoms with van der Waals surface area (Å²) in [7, 11) is 0. The Morgan fingerprint density at radius 3 is 1.69 bits per heavy atom. The first-order valence-electron chi connectivity index (χ1n) is 21.0.